The fourth-order valence-corrected chi connectivity index (χ4v) is 3.60. The first kappa shape index (κ1) is 23.0. The second-order valence-corrected chi connectivity index (χ2v) is 9.28. The van der Waals surface area contributed by atoms with Gasteiger partial charge in [0.2, 0.25) is 10.0 Å². The van der Waals surface area contributed by atoms with Crippen LogP contribution in [0.1, 0.15) is 12.0 Å². The molecule has 31 heavy (non-hydrogen) atoms. The number of nitrogens with one attached hydrogen (secondary N) is 1. The maximum atomic E-state index is 14.1. The van der Waals surface area contributed by atoms with E-state index >= 15 is 0 Å². The van der Waals surface area contributed by atoms with Gasteiger partial charge in [0.05, 0.1) is 19.4 Å². The van der Waals surface area contributed by atoms with Crippen molar-refractivity contribution >= 4 is 21.6 Å². The first-order valence-electron chi connectivity index (χ1n) is 9.53. The van der Waals surface area contributed by atoms with Crippen molar-refractivity contribution in [2.24, 2.45) is 0 Å². The lowest BCUT2D eigenvalue weighted by Crippen LogP contribution is -2.24. The minimum atomic E-state index is -3.19. The number of pyridine rings is 1. The van der Waals surface area contributed by atoms with Crippen LogP contribution in [-0.2, 0) is 16.6 Å². The summed E-state index contributed by atoms with van der Waals surface area (Å²) in [4.78, 5) is 12.2. The van der Waals surface area contributed by atoms with Crippen LogP contribution >= 0.6 is 11.6 Å². The summed E-state index contributed by atoms with van der Waals surface area (Å²) in [5.41, 5.74) is 1.81. The molecule has 0 bridgehead atoms. The number of halogens is 2. The topological polar surface area (TPSA) is 77.4 Å². The van der Waals surface area contributed by atoms with Gasteiger partial charge in [0.15, 0.2) is 0 Å². The highest BCUT2D eigenvalue weighted by Gasteiger charge is 2.07. The molecule has 0 fully saturated rings. The monoisotopic (exact) mass is 464 g/mol. The Kier molecular flexibility index (Phi) is 7.48. The maximum Gasteiger partial charge on any atom is 0.250 e. The summed E-state index contributed by atoms with van der Waals surface area (Å²) in [6.07, 6.45) is 3.34. The van der Waals surface area contributed by atoms with E-state index in [0.29, 0.717) is 35.9 Å². The largest absolute Gasteiger partial charge is 0.494 e. The second kappa shape index (κ2) is 10.1. The number of benzene rings is 2. The molecule has 0 atom stereocenters. The van der Waals surface area contributed by atoms with Gasteiger partial charge in [-0.05, 0) is 47.9 Å². The molecule has 9 heteroatoms. The van der Waals surface area contributed by atoms with Crippen LogP contribution < -0.4 is 15.0 Å². The lowest BCUT2D eigenvalue weighted by atomic mass is 10.1. The predicted octanol–water partition coefficient (Wildman–Crippen LogP) is 3.67. The van der Waals surface area contributed by atoms with Crippen LogP contribution in [-0.4, -0.2) is 32.4 Å². The first-order valence-corrected chi connectivity index (χ1v) is 11.8. The zero-order valence-corrected chi connectivity index (χ0v) is 18.4. The fourth-order valence-electron chi connectivity index (χ4n) is 2.92. The van der Waals surface area contributed by atoms with E-state index in [9.17, 15) is 17.6 Å². The van der Waals surface area contributed by atoms with Crippen molar-refractivity contribution in [3.05, 3.63) is 87.6 Å². The minimum Gasteiger partial charge on any atom is -0.494 e. The van der Waals surface area contributed by atoms with E-state index < -0.39 is 15.8 Å². The number of hydrogen-bond donors (Lipinski definition) is 1. The lowest BCUT2D eigenvalue weighted by Gasteiger charge is -2.11. The van der Waals surface area contributed by atoms with Crippen molar-refractivity contribution in [1.29, 1.82) is 0 Å². The maximum absolute atomic E-state index is 14.1. The molecule has 2 aromatic carbocycles. The summed E-state index contributed by atoms with van der Waals surface area (Å²) in [6.45, 7) is 0.782. The average Bonchev–Trinajstić information content (AvgIpc) is 2.71. The highest BCUT2D eigenvalue weighted by Crippen LogP contribution is 2.22. The fraction of sp³-hybridized carbons (Fsp3) is 0.227. The Bertz CT molecular complexity index is 1210. The molecule has 0 aliphatic heterocycles. The van der Waals surface area contributed by atoms with Gasteiger partial charge >= 0.3 is 0 Å². The van der Waals surface area contributed by atoms with E-state index in [4.69, 9.17) is 16.3 Å². The van der Waals surface area contributed by atoms with Gasteiger partial charge in [-0.1, -0.05) is 29.8 Å². The summed E-state index contributed by atoms with van der Waals surface area (Å²) in [6, 6.07) is 14.8. The number of ether oxygens (including phenoxy) is 1. The van der Waals surface area contributed by atoms with E-state index in [1.807, 2.05) is 12.1 Å². The van der Waals surface area contributed by atoms with Crippen molar-refractivity contribution in [1.82, 2.24) is 9.29 Å². The Hall–Kier alpha value is -2.68. The van der Waals surface area contributed by atoms with Gasteiger partial charge in [-0.15, -0.1) is 0 Å². The average molecular weight is 465 g/mol. The van der Waals surface area contributed by atoms with Crippen LogP contribution in [0.3, 0.4) is 0 Å². The summed E-state index contributed by atoms with van der Waals surface area (Å²) < 4.78 is 45.6. The molecule has 0 aliphatic carbocycles. The number of aromatic nitrogens is 1. The molecule has 0 radical (unpaired) electrons. The van der Waals surface area contributed by atoms with E-state index in [-0.39, 0.29) is 12.1 Å². The zero-order valence-electron chi connectivity index (χ0n) is 16.8. The number of hydrogen-bond acceptors (Lipinski definition) is 4. The van der Waals surface area contributed by atoms with Gasteiger partial charge < -0.3 is 9.30 Å². The van der Waals surface area contributed by atoms with Crippen LogP contribution in [0.5, 0.6) is 5.75 Å². The van der Waals surface area contributed by atoms with Gasteiger partial charge in [0.25, 0.3) is 5.56 Å². The SMILES string of the molecule is CS(=O)(=O)NCCCOc1ccc(-c2ccc(=O)n(Cc3ccc(Cl)cc3F)c2)cc1. The number of rotatable bonds is 9. The number of nitrogens with zero attached hydrogens (tertiary/aromatic N) is 1. The summed E-state index contributed by atoms with van der Waals surface area (Å²) in [7, 11) is -3.19. The van der Waals surface area contributed by atoms with E-state index in [0.717, 1.165) is 17.4 Å². The third-order valence-electron chi connectivity index (χ3n) is 4.48. The number of sulfonamides is 1. The molecule has 6 nitrogen and oxygen atoms in total. The molecule has 164 valence electrons. The Morgan fingerprint density at radius 1 is 1.06 bits per heavy atom. The molecule has 0 aliphatic rings. The smallest absolute Gasteiger partial charge is 0.250 e. The molecule has 0 unspecified atom stereocenters. The van der Waals surface area contributed by atoms with Crippen LogP contribution in [0.15, 0.2) is 65.6 Å². The molecule has 3 rings (SSSR count). The van der Waals surface area contributed by atoms with Gasteiger partial charge in [-0.25, -0.2) is 17.5 Å². The molecule has 1 aromatic heterocycles. The molecule has 0 spiro atoms. The zero-order chi connectivity index (χ0) is 22.4. The van der Waals surface area contributed by atoms with Crippen molar-refractivity contribution in [2.75, 3.05) is 19.4 Å². The first-order chi connectivity index (χ1) is 14.7. The van der Waals surface area contributed by atoms with E-state index in [2.05, 4.69) is 4.72 Å². The third-order valence-corrected chi connectivity index (χ3v) is 5.44. The normalized spacial score (nSPS) is 11.5. The molecule has 1 N–H and O–H groups in total. The van der Waals surface area contributed by atoms with Crippen molar-refractivity contribution in [3.8, 4) is 16.9 Å². The summed E-state index contributed by atoms with van der Waals surface area (Å²) in [5.74, 6) is 0.192. The molecule has 1 heterocycles. The quantitative estimate of drug-likeness (QED) is 0.490. The Morgan fingerprint density at radius 3 is 2.45 bits per heavy atom. The standard InChI is InChI=1S/C22H22ClFN2O4S/c1-31(28,29)25-11-2-12-30-20-8-4-16(5-9-20)17-6-10-22(27)26(14-17)15-18-3-7-19(23)13-21(18)24/h3-10,13-14,25H,2,11-12,15H2,1H3. The molecule has 3 aromatic rings. The third kappa shape index (κ3) is 6.92. The summed E-state index contributed by atoms with van der Waals surface area (Å²) in [5, 5.41) is 0.302. The molecular weight excluding hydrogens is 443 g/mol. The van der Waals surface area contributed by atoms with Crippen molar-refractivity contribution in [2.45, 2.75) is 13.0 Å². The van der Waals surface area contributed by atoms with Gasteiger partial charge in [-0.3, -0.25) is 4.79 Å². The molecular formula is C22H22ClFN2O4S. The summed E-state index contributed by atoms with van der Waals surface area (Å²) >= 11 is 5.79. The highest BCUT2D eigenvalue weighted by molar-refractivity contribution is 7.88. The minimum absolute atomic E-state index is 0.0956. The predicted molar refractivity (Wildman–Crippen MR) is 120 cm³/mol. The van der Waals surface area contributed by atoms with E-state index in [1.165, 1.54) is 16.7 Å². The highest BCUT2D eigenvalue weighted by atomic mass is 35.5. The lowest BCUT2D eigenvalue weighted by molar-refractivity contribution is 0.311. The van der Waals surface area contributed by atoms with Gasteiger partial charge in [-0.2, -0.15) is 0 Å². The second-order valence-electron chi connectivity index (χ2n) is 7.01. The Morgan fingerprint density at radius 2 is 1.77 bits per heavy atom. The van der Waals surface area contributed by atoms with Crippen LogP contribution in [0.2, 0.25) is 5.02 Å². The van der Waals surface area contributed by atoms with Crippen molar-refractivity contribution < 1.29 is 17.5 Å². The van der Waals surface area contributed by atoms with Crippen LogP contribution in [0.25, 0.3) is 11.1 Å². The van der Waals surface area contributed by atoms with Crippen molar-refractivity contribution in [3.63, 3.8) is 0 Å². The molecule has 0 saturated heterocycles. The van der Waals surface area contributed by atoms with Crippen LogP contribution in [0, 0.1) is 5.82 Å². The van der Waals surface area contributed by atoms with Crippen LogP contribution in [0.4, 0.5) is 4.39 Å². The Balaban J connectivity index is 1.66. The van der Waals surface area contributed by atoms with Gasteiger partial charge in [0.1, 0.15) is 11.6 Å². The Labute approximate surface area is 185 Å². The van der Waals surface area contributed by atoms with E-state index in [1.54, 1.807) is 36.5 Å². The molecule has 0 amide bonds. The van der Waals surface area contributed by atoms with Gasteiger partial charge in [0, 0.05) is 29.4 Å². The molecule has 0 saturated carbocycles.